The van der Waals surface area contributed by atoms with E-state index in [1.165, 1.54) is 25.3 Å². The van der Waals surface area contributed by atoms with E-state index in [9.17, 15) is 14.3 Å². The third kappa shape index (κ3) is 5.88. The van der Waals surface area contributed by atoms with Crippen LogP contribution in [-0.2, 0) is 27.4 Å². The molecule has 1 fully saturated rings. The van der Waals surface area contributed by atoms with Crippen LogP contribution in [0.1, 0.15) is 33.6 Å². The van der Waals surface area contributed by atoms with Gasteiger partial charge in [0.05, 0.1) is 26.9 Å². The highest BCUT2D eigenvalue weighted by atomic mass is 19.1. The molecule has 2 atom stereocenters. The molecule has 2 N–H and O–H groups in total. The molecular formula is C25H25FN2O6. The van der Waals surface area contributed by atoms with Gasteiger partial charge in [-0.2, -0.15) is 0 Å². The topological polar surface area (TPSA) is 99.1 Å². The van der Waals surface area contributed by atoms with E-state index in [4.69, 9.17) is 18.9 Å². The van der Waals surface area contributed by atoms with E-state index in [-0.39, 0.29) is 42.2 Å². The highest BCUT2D eigenvalue weighted by Crippen LogP contribution is 2.34. The summed E-state index contributed by atoms with van der Waals surface area (Å²) in [5.74, 6) is -1.33. The van der Waals surface area contributed by atoms with Gasteiger partial charge >= 0.3 is 0 Å². The summed E-state index contributed by atoms with van der Waals surface area (Å²) in [6.07, 6.45) is -1.16. The van der Waals surface area contributed by atoms with Gasteiger partial charge in [-0.1, -0.05) is 42.5 Å². The minimum Gasteiger partial charge on any atom is -0.503 e. The van der Waals surface area contributed by atoms with Crippen LogP contribution in [0.25, 0.3) is 0 Å². The molecule has 0 spiro atoms. The second-order valence-electron chi connectivity index (χ2n) is 7.68. The summed E-state index contributed by atoms with van der Waals surface area (Å²) in [5, 5.41) is 13.1. The summed E-state index contributed by atoms with van der Waals surface area (Å²) < 4.78 is 35.6. The summed E-state index contributed by atoms with van der Waals surface area (Å²) in [7, 11) is 1.37. The lowest BCUT2D eigenvalue weighted by Gasteiger charge is -2.15. The molecule has 2 aromatic carbocycles. The van der Waals surface area contributed by atoms with Crippen LogP contribution in [-0.4, -0.2) is 42.4 Å². The minimum atomic E-state index is -0.844. The SMILES string of the molecule is COc1cc(C2OCC(COCc3ccccc3)O2)nc(C(=O)NCc2ccc(F)cc2)c1O. The van der Waals surface area contributed by atoms with Gasteiger partial charge in [0.2, 0.25) is 6.29 Å². The van der Waals surface area contributed by atoms with Crippen molar-refractivity contribution in [2.45, 2.75) is 25.5 Å². The van der Waals surface area contributed by atoms with Gasteiger partial charge in [0.1, 0.15) is 17.6 Å². The number of rotatable bonds is 9. The Labute approximate surface area is 196 Å². The molecule has 0 bridgehead atoms. The summed E-state index contributed by atoms with van der Waals surface area (Å²) in [6, 6.07) is 17.0. The summed E-state index contributed by atoms with van der Waals surface area (Å²) in [4.78, 5) is 17.0. The second kappa shape index (κ2) is 11.1. The number of carbonyl (C=O) groups is 1. The smallest absolute Gasteiger partial charge is 0.274 e. The zero-order valence-electron chi connectivity index (χ0n) is 18.6. The van der Waals surface area contributed by atoms with E-state index in [0.717, 1.165) is 5.56 Å². The number of pyridine rings is 1. The number of nitrogens with zero attached hydrogens (tertiary/aromatic N) is 1. The standard InChI is InChI=1S/C25H25FN2O6/c1-31-21-11-20(25-33-15-19(34-25)14-32-13-17-5-3-2-4-6-17)28-22(23(21)29)24(30)27-12-16-7-9-18(26)10-8-16/h2-11,19,25,29H,12-15H2,1H3,(H,27,30). The number of aromatic hydroxyl groups is 1. The fraction of sp³-hybridized carbons (Fsp3) is 0.280. The Hall–Kier alpha value is -3.53. The van der Waals surface area contributed by atoms with Crippen molar-refractivity contribution in [1.29, 1.82) is 0 Å². The average Bonchev–Trinajstić information content (AvgIpc) is 3.33. The molecule has 1 aliphatic rings. The number of amides is 1. The zero-order valence-corrected chi connectivity index (χ0v) is 18.6. The first-order valence-electron chi connectivity index (χ1n) is 10.7. The normalized spacial score (nSPS) is 17.5. The van der Waals surface area contributed by atoms with Crippen molar-refractivity contribution in [3.05, 3.63) is 89.0 Å². The lowest BCUT2D eigenvalue weighted by molar-refractivity contribution is -0.0777. The quantitative estimate of drug-likeness (QED) is 0.496. The highest BCUT2D eigenvalue weighted by molar-refractivity contribution is 5.95. The summed E-state index contributed by atoms with van der Waals surface area (Å²) in [6.45, 7) is 1.20. The Morgan fingerprint density at radius 1 is 1.18 bits per heavy atom. The largest absolute Gasteiger partial charge is 0.503 e. The van der Waals surface area contributed by atoms with Crippen LogP contribution >= 0.6 is 0 Å². The second-order valence-corrected chi connectivity index (χ2v) is 7.68. The first kappa shape index (κ1) is 23.6. The molecule has 0 radical (unpaired) electrons. The Kier molecular flexibility index (Phi) is 7.69. The van der Waals surface area contributed by atoms with Gasteiger partial charge in [-0.15, -0.1) is 0 Å². The molecule has 178 valence electrons. The number of benzene rings is 2. The van der Waals surface area contributed by atoms with Gasteiger partial charge in [0, 0.05) is 12.6 Å². The molecule has 3 aromatic rings. The number of ether oxygens (including phenoxy) is 4. The van der Waals surface area contributed by atoms with Crippen molar-refractivity contribution in [3.63, 3.8) is 0 Å². The Morgan fingerprint density at radius 2 is 1.94 bits per heavy atom. The molecule has 8 nitrogen and oxygen atoms in total. The van der Waals surface area contributed by atoms with Gasteiger partial charge in [-0.3, -0.25) is 4.79 Å². The average molecular weight is 468 g/mol. The molecule has 1 aliphatic heterocycles. The number of nitrogens with one attached hydrogen (secondary N) is 1. The van der Waals surface area contributed by atoms with Crippen LogP contribution < -0.4 is 10.1 Å². The maximum atomic E-state index is 13.1. The molecule has 34 heavy (non-hydrogen) atoms. The van der Waals surface area contributed by atoms with Crippen LogP contribution in [0.2, 0.25) is 0 Å². The van der Waals surface area contributed by atoms with Gasteiger partial charge in [0.25, 0.3) is 5.91 Å². The molecule has 4 rings (SSSR count). The first-order valence-corrected chi connectivity index (χ1v) is 10.7. The third-order valence-corrected chi connectivity index (χ3v) is 5.19. The maximum Gasteiger partial charge on any atom is 0.274 e. The van der Waals surface area contributed by atoms with E-state index in [1.54, 1.807) is 12.1 Å². The van der Waals surface area contributed by atoms with Crippen LogP contribution in [0.4, 0.5) is 4.39 Å². The number of halogens is 1. The van der Waals surface area contributed by atoms with E-state index < -0.39 is 17.9 Å². The van der Waals surface area contributed by atoms with Gasteiger partial charge in [-0.05, 0) is 23.3 Å². The molecule has 2 heterocycles. The first-order chi connectivity index (χ1) is 16.5. The summed E-state index contributed by atoms with van der Waals surface area (Å²) >= 11 is 0. The maximum absolute atomic E-state index is 13.1. The van der Waals surface area contributed by atoms with E-state index >= 15 is 0 Å². The Bertz CT molecular complexity index is 1110. The molecule has 1 amide bonds. The number of methoxy groups -OCH3 is 1. The van der Waals surface area contributed by atoms with Crippen LogP contribution in [0.5, 0.6) is 11.5 Å². The predicted octanol–water partition coefficient (Wildman–Crippen LogP) is 3.50. The third-order valence-electron chi connectivity index (χ3n) is 5.19. The molecule has 2 unspecified atom stereocenters. The Morgan fingerprint density at radius 3 is 2.68 bits per heavy atom. The fourth-order valence-electron chi connectivity index (χ4n) is 3.41. The zero-order chi connectivity index (χ0) is 23.9. The molecule has 1 aromatic heterocycles. The van der Waals surface area contributed by atoms with Crippen molar-refractivity contribution in [2.75, 3.05) is 20.3 Å². The number of carbonyl (C=O) groups excluding carboxylic acids is 1. The molecular weight excluding hydrogens is 443 g/mol. The molecule has 0 aliphatic carbocycles. The lowest BCUT2D eigenvalue weighted by Crippen LogP contribution is -2.25. The van der Waals surface area contributed by atoms with E-state index in [1.807, 2.05) is 30.3 Å². The van der Waals surface area contributed by atoms with E-state index in [0.29, 0.717) is 18.8 Å². The van der Waals surface area contributed by atoms with Crippen LogP contribution in [0.15, 0.2) is 60.7 Å². The van der Waals surface area contributed by atoms with Gasteiger partial charge in [0.15, 0.2) is 17.2 Å². The minimum absolute atomic E-state index is 0.0629. The number of aromatic nitrogens is 1. The fourth-order valence-corrected chi connectivity index (χ4v) is 3.41. The van der Waals surface area contributed by atoms with E-state index in [2.05, 4.69) is 10.3 Å². The van der Waals surface area contributed by atoms with Crippen LogP contribution in [0, 0.1) is 5.82 Å². The molecule has 0 saturated carbocycles. The van der Waals surface area contributed by atoms with Crippen molar-refractivity contribution >= 4 is 5.91 Å². The summed E-state index contributed by atoms with van der Waals surface area (Å²) in [5.41, 5.74) is 1.80. The molecule has 9 heteroatoms. The highest BCUT2D eigenvalue weighted by Gasteiger charge is 2.31. The van der Waals surface area contributed by atoms with Crippen molar-refractivity contribution in [1.82, 2.24) is 10.3 Å². The van der Waals surface area contributed by atoms with Gasteiger partial charge < -0.3 is 29.4 Å². The van der Waals surface area contributed by atoms with Gasteiger partial charge in [-0.25, -0.2) is 9.37 Å². The van der Waals surface area contributed by atoms with Crippen LogP contribution in [0.3, 0.4) is 0 Å². The van der Waals surface area contributed by atoms with Crippen molar-refractivity contribution < 1.29 is 33.2 Å². The number of hydrogen-bond donors (Lipinski definition) is 2. The van der Waals surface area contributed by atoms with Crippen molar-refractivity contribution in [2.24, 2.45) is 0 Å². The predicted molar refractivity (Wildman–Crippen MR) is 120 cm³/mol. The lowest BCUT2D eigenvalue weighted by atomic mass is 10.2. The Balaban J connectivity index is 1.39. The monoisotopic (exact) mass is 468 g/mol. The molecule has 1 saturated heterocycles. The van der Waals surface area contributed by atoms with Crippen molar-refractivity contribution in [3.8, 4) is 11.5 Å². The number of hydrogen-bond acceptors (Lipinski definition) is 7.